The van der Waals surface area contributed by atoms with E-state index in [4.69, 9.17) is 16.3 Å². The molecule has 3 heterocycles. The summed E-state index contributed by atoms with van der Waals surface area (Å²) in [6, 6.07) is 7.81. The van der Waals surface area contributed by atoms with Crippen LogP contribution in [-0.2, 0) is 4.74 Å². The van der Waals surface area contributed by atoms with Gasteiger partial charge in [-0.05, 0) is 18.2 Å². The number of anilines is 2. The molecule has 2 saturated heterocycles. The predicted octanol–water partition coefficient (Wildman–Crippen LogP) is 1.93. The molecule has 0 N–H and O–H groups in total. The van der Waals surface area contributed by atoms with E-state index in [2.05, 4.69) is 19.8 Å². The van der Waals surface area contributed by atoms with Crippen molar-refractivity contribution >= 4 is 29.1 Å². The van der Waals surface area contributed by atoms with E-state index < -0.39 is 0 Å². The highest BCUT2D eigenvalue weighted by Crippen LogP contribution is 2.21. The Labute approximate surface area is 163 Å². The van der Waals surface area contributed by atoms with Gasteiger partial charge in [0.15, 0.2) is 0 Å². The van der Waals surface area contributed by atoms with Crippen molar-refractivity contribution in [3.05, 3.63) is 47.2 Å². The van der Waals surface area contributed by atoms with E-state index in [1.165, 1.54) is 0 Å². The third kappa shape index (κ3) is 4.14. The lowest BCUT2D eigenvalue weighted by Gasteiger charge is -2.36. The van der Waals surface area contributed by atoms with Crippen LogP contribution in [0.4, 0.5) is 11.6 Å². The van der Waals surface area contributed by atoms with Crippen molar-refractivity contribution in [2.45, 2.75) is 0 Å². The topological polar surface area (TPSA) is 61.8 Å². The molecule has 0 radical (unpaired) electrons. The van der Waals surface area contributed by atoms with Crippen molar-refractivity contribution in [2.24, 2.45) is 0 Å². The molecule has 1 amide bonds. The Morgan fingerprint density at radius 1 is 0.963 bits per heavy atom. The first-order valence-corrected chi connectivity index (χ1v) is 9.53. The van der Waals surface area contributed by atoms with Crippen molar-refractivity contribution in [1.82, 2.24) is 14.9 Å². The number of benzene rings is 1. The zero-order valence-corrected chi connectivity index (χ0v) is 15.8. The molecular weight excluding hydrogens is 366 g/mol. The van der Waals surface area contributed by atoms with Gasteiger partial charge in [0.25, 0.3) is 5.91 Å². The molecule has 2 aromatic rings. The first kappa shape index (κ1) is 18.0. The van der Waals surface area contributed by atoms with E-state index in [9.17, 15) is 4.79 Å². The zero-order chi connectivity index (χ0) is 18.6. The van der Waals surface area contributed by atoms with Gasteiger partial charge < -0.3 is 19.4 Å². The molecule has 27 heavy (non-hydrogen) atoms. The summed E-state index contributed by atoms with van der Waals surface area (Å²) < 4.78 is 5.34. The summed E-state index contributed by atoms with van der Waals surface area (Å²) in [4.78, 5) is 27.7. The summed E-state index contributed by atoms with van der Waals surface area (Å²) >= 11 is 6.08. The molecule has 0 spiro atoms. The van der Waals surface area contributed by atoms with Gasteiger partial charge in [0.2, 0.25) is 5.95 Å². The summed E-state index contributed by atoms with van der Waals surface area (Å²) in [5.41, 5.74) is 1.62. The molecule has 0 bridgehead atoms. The largest absolute Gasteiger partial charge is 0.378 e. The second-order valence-corrected chi connectivity index (χ2v) is 7.07. The van der Waals surface area contributed by atoms with Crippen molar-refractivity contribution in [3.8, 4) is 0 Å². The Morgan fingerprint density at radius 2 is 1.67 bits per heavy atom. The molecule has 1 aromatic heterocycles. The Balaban J connectivity index is 1.36. The summed E-state index contributed by atoms with van der Waals surface area (Å²) in [5.74, 6) is 0.634. The molecule has 1 aromatic carbocycles. The number of halogens is 1. The maximum absolute atomic E-state index is 12.8. The lowest BCUT2D eigenvalue weighted by molar-refractivity contribution is 0.0746. The third-order valence-electron chi connectivity index (χ3n) is 4.92. The first-order valence-electron chi connectivity index (χ1n) is 9.15. The van der Waals surface area contributed by atoms with Gasteiger partial charge >= 0.3 is 0 Å². The SMILES string of the molecule is O=C(c1cnc(N2CCOCC2)nc1)N1CCN(c2cccc(Cl)c2)CC1. The van der Waals surface area contributed by atoms with Gasteiger partial charge in [-0.2, -0.15) is 0 Å². The third-order valence-corrected chi connectivity index (χ3v) is 5.15. The number of carbonyl (C=O) groups excluding carboxylic acids is 1. The fourth-order valence-electron chi connectivity index (χ4n) is 3.38. The minimum absolute atomic E-state index is 0.0192. The molecule has 0 unspecified atom stereocenters. The van der Waals surface area contributed by atoms with Crippen LogP contribution in [-0.4, -0.2) is 73.3 Å². The Morgan fingerprint density at radius 3 is 2.33 bits per heavy atom. The summed E-state index contributed by atoms with van der Waals surface area (Å²) in [7, 11) is 0. The minimum atomic E-state index is -0.0192. The molecule has 2 aliphatic rings. The van der Waals surface area contributed by atoms with Crippen LogP contribution in [0.25, 0.3) is 0 Å². The van der Waals surface area contributed by atoms with Gasteiger partial charge in [-0.3, -0.25) is 4.79 Å². The number of piperazine rings is 1. The van der Waals surface area contributed by atoms with Crippen LogP contribution in [0.5, 0.6) is 0 Å². The molecule has 2 aliphatic heterocycles. The van der Waals surface area contributed by atoms with Crippen LogP contribution in [0, 0.1) is 0 Å². The number of hydrogen-bond acceptors (Lipinski definition) is 6. The van der Waals surface area contributed by atoms with Gasteiger partial charge in [-0.1, -0.05) is 17.7 Å². The Bertz CT molecular complexity index is 787. The number of morpholine rings is 1. The number of nitrogens with zero attached hydrogens (tertiary/aromatic N) is 5. The molecule has 142 valence electrons. The highest BCUT2D eigenvalue weighted by atomic mass is 35.5. The monoisotopic (exact) mass is 387 g/mol. The molecule has 0 aliphatic carbocycles. The Kier molecular flexibility index (Phi) is 5.40. The second kappa shape index (κ2) is 8.10. The van der Waals surface area contributed by atoms with Gasteiger partial charge in [-0.25, -0.2) is 9.97 Å². The molecular formula is C19H22ClN5O2. The van der Waals surface area contributed by atoms with Crippen molar-refractivity contribution in [3.63, 3.8) is 0 Å². The molecule has 0 atom stereocenters. The van der Waals surface area contributed by atoms with E-state index in [1.54, 1.807) is 12.4 Å². The fraction of sp³-hybridized carbons (Fsp3) is 0.421. The average Bonchev–Trinajstić information content (AvgIpc) is 2.74. The van der Waals surface area contributed by atoms with E-state index in [1.807, 2.05) is 29.2 Å². The number of carbonyl (C=O) groups is 1. The van der Waals surface area contributed by atoms with Gasteiger partial charge in [0.1, 0.15) is 0 Å². The number of hydrogen-bond donors (Lipinski definition) is 0. The van der Waals surface area contributed by atoms with E-state index >= 15 is 0 Å². The number of rotatable bonds is 3. The van der Waals surface area contributed by atoms with Gasteiger partial charge in [0.05, 0.1) is 18.8 Å². The van der Waals surface area contributed by atoms with Crippen molar-refractivity contribution < 1.29 is 9.53 Å². The Hall–Kier alpha value is -2.38. The quantitative estimate of drug-likeness (QED) is 0.802. The van der Waals surface area contributed by atoms with Gasteiger partial charge in [-0.15, -0.1) is 0 Å². The highest BCUT2D eigenvalue weighted by molar-refractivity contribution is 6.30. The number of aromatic nitrogens is 2. The van der Waals surface area contributed by atoms with Crippen LogP contribution in [0.1, 0.15) is 10.4 Å². The van der Waals surface area contributed by atoms with Crippen molar-refractivity contribution in [2.75, 3.05) is 62.3 Å². The van der Waals surface area contributed by atoms with Crippen LogP contribution >= 0.6 is 11.6 Å². The molecule has 2 fully saturated rings. The highest BCUT2D eigenvalue weighted by Gasteiger charge is 2.23. The second-order valence-electron chi connectivity index (χ2n) is 6.63. The number of ether oxygens (including phenoxy) is 1. The normalized spacial score (nSPS) is 17.9. The van der Waals surface area contributed by atoms with Crippen LogP contribution in [0.15, 0.2) is 36.7 Å². The molecule has 4 rings (SSSR count). The van der Waals surface area contributed by atoms with E-state index in [0.29, 0.717) is 37.8 Å². The first-order chi connectivity index (χ1) is 13.2. The maximum atomic E-state index is 12.8. The molecule has 7 nitrogen and oxygen atoms in total. The fourth-order valence-corrected chi connectivity index (χ4v) is 3.57. The summed E-state index contributed by atoms with van der Waals surface area (Å²) in [5, 5.41) is 0.725. The predicted molar refractivity (Wildman–Crippen MR) is 105 cm³/mol. The maximum Gasteiger partial charge on any atom is 0.257 e. The number of amides is 1. The van der Waals surface area contributed by atoms with Crippen molar-refractivity contribution in [1.29, 1.82) is 0 Å². The zero-order valence-electron chi connectivity index (χ0n) is 15.1. The lowest BCUT2D eigenvalue weighted by Crippen LogP contribution is -2.48. The molecule has 0 saturated carbocycles. The van der Waals surface area contributed by atoms with E-state index in [0.717, 1.165) is 36.9 Å². The van der Waals surface area contributed by atoms with Crippen LogP contribution in [0.3, 0.4) is 0 Å². The average molecular weight is 388 g/mol. The van der Waals surface area contributed by atoms with Crippen LogP contribution in [0.2, 0.25) is 5.02 Å². The summed E-state index contributed by atoms with van der Waals surface area (Å²) in [6.07, 6.45) is 3.26. The smallest absolute Gasteiger partial charge is 0.257 e. The standard InChI is InChI=1S/C19H22ClN5O2/c20-16-2-1-3-17(12-16)23-4-6-24(7-5-23)18(26)15-13-21-19(22-14-15)25-8-10-27-11-9-25/h1-3,12-14H,4-11H2. The summed E-state index contributed by atoms with van der Waals surface area (Å²) in [6.45, 7) is 5.80. The van der Waals surface area contributed by atoms with Gasteiger partial charge in [0, 0.05) is 62.4 Å². The lowest BCUT2D eigenvalue weighted by atomic mass is 10.2. The van der Waals surface area contributed by atoms with E-state index in [-0.39, 0.29) is 5.91 Å². The molecule has 8 heteroatoms. The van der Waals surface area contributed by atoms with Crippen LogP contribution < -0.4 is 9.80 Å². The minimum Gasteiger partial charge on any atom is -0.378 e.